The molecule has 1 N–H and O–H groups in total. The Balaban J connectivity index is 1.69. The summed E-state index contributed by atoms with van der Waals surface area (Å²) in [6.07, 6.45) is 2.72. The number of hydrogen-bond acceptors (Lipinski definition) is 5. The standard InChI is InChI=1S/C39H42O5/c1-25(2)38(41)43-18-15-35-20-27(5)21-36(16-19-44-39(42)26(3)4)37(35)34-14-13-32-23-31(11-12-33(32)24-34)30-10-9-29(8-7-17-40)28(6)22-30/h9-14,20-24,40H,1,3,7-8,15-19H2,2,4-6H3. The van der Waals surface area contributed by atoms with Gasteiger partial charge in [-0.2, -0.15) is 0 Å². The monoisotopic (exact) mass is 590 g/mol. The predicted octanol–water partition coefficient (Wildman–Crippen LogP) is 8.04. The summed E-state index contributed by atoms with van der Waals surface area (Å²) in [7, 11) is 0. The SMILES string of the molecule is C=C(C)C(=O)OCCc1cc(C)cc(CCOC(=O)C(=C)C)c1-c1ccc2cc(-c3ccc(CCCO)c(C)c3)ccc2c1. The molecule has 4 aromatic rings. The first-order chi connectivity index (χ1) is 21.1. The molecular formula is C39H42O5. The number of carbonyl (C=O) groups excluding carboxylic acids is 2. The minimum atomic E-state index is -0.400. The molecule has 0 atom stereocenters. The van der Waals surface area contributed by atoms with E-state index in [0.717, 1.165) is 62.6 Å². The zero-order valence-electron chi connectivity index (χ0n) is 26.3. The number of esters is 2. The number of aliphatic hydroxyl groups is 1. The van der Waals surface area contributed by atoms with Crippen molar-refractivity contribution in [3.8, 4) is 22.3 Å². The van der Waals surface area contributed by atoms with Gasteiger partial charge in [0.05, 0.1) is 13.2 Å². The van der Waals surface area contributed by atoms with E-state index in [1.807, 2.05) is 6.92 Å². The second-order valence-electron chi connectivity index (χ2n) is 11.5. The van der Waals surface area contributed by atoms with Gasteiger partial charge in [0.15, 0.2) is 0 Å². The first-order valence-corrected chi connectivity index (χ1v) is 15.1. The molecule has 0 spiro atoms. The van der Waals surface area contributed by atoms with E-state index in [1.54, 1.807) is 13.8 Å². The molecule has 0 saturated heterocycles. The number of carbonyl (C=O) groups is 2. The van der Waals surface area contributed by atoms with Crippen molar-refractivity contribution in [2.24, 2.45) is 0 Å². The fourth-order valence-electron chi connectivity index (χ4n) is 5.47. The van der Waals surface area contributed by atoms with Crippen LogP contribution in [0.25, 0.3) is 33.0 Å². The van der Waals surface area contributed by atoms with E-state index < -0.39 is 11.9 Å². The molecule has 0 saturated carbocycles. The fourth-order valence-corrected chi connectivity index (χ4v) is 5.47. The van der Waals surface area contributed by atoms with Gasteiger partial charge in [-0.05, 0) is 108 Å². The minimum Gasteiger partial charge on any atom is -0.462 e. The van der Waals surface area contributed by atoms with Gasteiger partial charge in [-0.3, -0.25) is 0 Å². The van der Waals surface area contributed by atoms with Gasteiger partial charge < -0.3 is 14.6 Å². The topological polar surface area (TPSA) is 72.8 Å². The van der Waals surface area contributed by atoms with Crippen molar-refractivity contribution in [3.63, 3.8) is 0 Å². The summed E-state index contributed by atoms with van der Waals surface area (Å²) in [5, 5.41) is 11.4. The highest BCUT2D eigenvalue weighted by Gasteiger charge is 2.15. The van der Waals surface area contributed by atoms with Crippen molar-refractivity contribution in [1.29, 1.82) is 0 Å². The molecule has 0 bridgehead atoms. The summed E-state index contributed by atoms with van der Waals surface area (Å²) >= 11 is 0. The van der Waals surface area contributed by atoms with E-state index in [9.17, 15) is 14.7 Å². The summed E-state index contributed by atoms with van der Waals surface area (Å²) in [5.74, 6) is -0.801. The average Bonchev–Trinajstić information content (AvgIpc) is 2.99. The van der Waals surface area contributed by atoms with Gasteiger partial charge in [0, 0.05) is 30.6 Å². The van der Waals surface area contributed by atoms with Crippen LogP contribution in [0.2, 0.25) is 0 Å². The maximum atomic E-state index is 12.0. The summed E-state index contributed by atoms with van der Waals surface area (Å²) in [6.45, 7) is 15.5. The molecule has 0 aromatic heterocycles. The number of aryl methyl sites for hydroxylation is 3. The van der Waals surface area contributed by atoms with Gasteiger partial charge in [0.25, 0.3) is 0 Å². The van der Waals surface area contributed by atoms with Crippen molar-refractivity contribution in [2.75, 3.05) is 19.8 Å². The van der Waals surface area contributed by atoms with Crippen LogP contribution in [0.1, 0.15) is 48.1 Å². The zero-order chi connectivity index (χ0) is 31.8. The highest BCUT2D eigenvalue weighted by molar-refractivity contribution is 5.92. The van der Waals surface area contributed by atoms with E-state index in [1.165, 1.54) is 11.1 Å². The van der Waals surface area contributed by atoms with E-state index in [4.69, 9.17) is 9.47 Å². The van der Waals surface area contributed by atoms with Crippen molar-refractivity contribution in [2.45, 2.75) is 53.4 Å². The summed E-state index contributed by atoms with van der Waals surface area (Å²) in [5.41, 5.74) is 10.9. The van der Waals surface area contributed by atoms with E-state index in [0.29, 0.717) is 24.0 Å². The lowest BCUT2D eigenvalue weighted by molar-refractivity contribution is -0.139. The summed E-state index contributed by atoms with van der Waals surface area (Å²) < 4.78 is 10.9. The van der Waals surface area contributed by atoms with Gasteiger partial charge in [-0.25, -0.2) is 9.59 Å². The van der Waals surface area contributed by atoms with E-state index in [-0.39, 0.29) is 19.8 Å². The van der Waals surface area contributed by atoms with Crippen molar-refractivity contribution in [3.05, 3.63) is 119 Å². The molecule has 0 aliphatic heterocycles. The largest absolute Gasteiger partial charge is 0.462 e. The lowest BCUT2D eigenvalue weighted by Gasteiger charge is -2.18. The Labute approximate surface area is 260 Å². The third-order valence-corrected chi connectivity index (χ3v) is 7.76. The molecule has 0 radical (unpaired) electrons. The summed E-state index contributed by atoms with van der Waals surface area (Å²) in [4.78, 5) is 24.1. The molecule has 5 nitrogen and oxygen atoms in total. The smallest absolute Gasteiger partial charge is 0.333 e. The van der Waals surface area contributed by atoms with Crippen LogP contribution in [-0.4, -0.2) is 36.9 Å². The molecule has 0 fully saturated rings. The number of aliphatic hydroxyl groups excluding tert-OH is 1. The second-order valence-corrected chi connectivity index (χ2v) is 11.5. The quantitative estimate of drug-likeness (QED) is 0.126. The van der Waals surface area contributed by atoms with Crippen LogP contribution >= 0.6 is 0 Å². The Morgan fingerprint density at radius 2 is 1.16 bits per heavy atom. The molecule has 0 aliphatic rings. The fraction of sp³-hybridized carbons (Fsp3) is 0.282. The Bertz CT molecular complexity index is 1660. The first-order valence-electron chi connectivity index (χ1n) is 15.1. The maximum absolute atomic E-state index is 12.0. The molecule has 5 heteroatoms. The molecule has 4 rings (SSSR count). The maximum Gasteiger partial charge on any atom is 0.333 e. The van der Waals surface area contributed by atoms with Crippen LogP contribution in [0, 0.1) is 13.8 Å². The molecule has 0 heterocycles. The lowest BCUT2D eigenvalue weighted by atomic mass is 9.88. The molecule has 228 valence electrons. The van der Waals surface area contributed by atoms with Crippen molar-refractivity contribution >= 4 is 22.7 Å². The van der Waals surface area contributed by atoms with Crippen LogP contribution in [0.5, 0.6) is 0 Å². The lowest BCUT2D eigenvalue weighted by Crippen LogP contribution is -2.11. The van der Waals surface area contributed by atoms with Gasteiger partial charge in [0.1, 0.15) is 0 Å². The number of ether oxygens (including phenoxy) is 2. The molecule has 0 amide bonds. The van der Waals surface area contributed by atoms with Crippen LogP contribution < -0.4 is 0 Å². The number of rotatable bonds is 13. The molecule has 4 aromatic carbocycles. The van der Waals surface area contributed by atoms with Gasteiger partial charge in [-0.15, -0.1) is 0 Å². The third kappa shape index (κ3) is 8.12. The normalized spacial score (nSPS) is 10.9. The molecule has 0 unspecified atom stereocenters. The molecule has 44 heavy (non-hydrogen) atoms. The zero-order valence-corrected chi connectivity index (χ0v) is 26.3. The first kappa shape index (κ1) is 32.4. The Morgan fingerprint density at radius 3 is 1.68 bits per heavy atom. The Morgan fingerprint density at radius 1 is 0.659 bits per heavy atom. The number of fused-ring (bicyclic) bond motifs is 1. The van der Waals surface area contributed by atoms with Gasteiger partial charge in [0.2, 0.25) is 0 Å². The van der Waals surface area contributed by atoms with Crippen LogP contribution in [-0.2, 0) is 38.3 Å². The van der Waals surface area contributed by atoms with E-state index in [2.05, 4.69) is 86.8 Å². The minimum absolute atomic E-state index is 0.199. The highest BCUT2D eigenvalue weighted by atomic mass is 16.5. The Hall–Kier alpha value is -4.48. The number of benzene rings is 4. The van der Waals surface area contributed by atoms with Crippen LogP contribution in [0.15, 0.2) is 91.0 Å². The van der Waals surface area contributed by atoms with Crippen LogP contribution in [0.3, 0.4) is 0 Å². The third-order valence-electron chi connectivity index (χ3n) is 7.76. The van der Waals surface area contributed by atoms with Crippen molar-refractivity contribution < 1.29 is 24.2 Å². The second kappa shape index (κ2) is 14.8. The average molecular weight is 591 g/mol. The highest BCUT2D eigenvalue weighted by Crippen LogP contribution is 2.34. The number of hydrogen-bond donors (Lipinski definition) is 1. The summed E-state index contributed by atoms with van der Waals surface area (Å²) in [6, 6.07) is 23.8. The van der Waals surface area contributed by atoms with Crippen LogP contribution in [0.4, 0.5) is 0 Å². The van der Waals surface area contributed by atoms with Crippen molar-refractivity contribution in [1.82, 2.24) is 0 Å². The predicted molar refractivity (Wildman–Crippen MR) is 179 cm³/mol. The molecular weight excluding hydrogens is 548 g/mol. The van der Waals surface area contributed by atoms with Gasteiger partial charge >= 0.3 is 11.9 Å². The molecule has 0 aliphatic carbocycles. The Kier molecular flexibility index (Phi) is 10.9. The van der Waals surface area contributed by atoms with E-state index >= 15 is 0 Å². The van der Waals surface area contributed by atoms with Gasteiger partial charge in [-0.1, -0.05) is 73.3 Å².